The smallest absolute Gasteiger partial charge is 0.192 e. The molecular formula is C22H29ClFNO2Si. The third-order valence-electron chi connectivity index (χ3n) is 5.11. The van der Waals surface area contributed by atoms with Crippen molar-refractivity contribution in [1.82, 2.24) is 4.98 Å². The van der Waals surface area contributed by atoms with Crippen molar-refractivity contribution in [2.75, 3.05) is 6.61 Å². The monoisotopic (exact) mass is 421 g/mol. The molecule has 1 aromatic heterocycles. The molecule has 28 heavy (non-hydrogen) atoms. The lowest BCUT2D eigenvalue weighted by atomic mass is 10.1. The molecule has 2 rings (SSSR count). The van der Waals surface area contributed by atoms with Gasteiger partial charge in [-0.15, -0.1) is 0 Å². The minimum absolute atomic E-state index is 0.0624. The molecule has 0 saturated heterocycles. The highest BCUT2D eigenvalue weighted by molar-refractivity contribution is 6.74. The van der Waals surface area contributed by atoms with Crippen LogP contribution in [0.15, 0.2) is 36.9 Å². The van der Waals surface area contributed by atoms with E-state index < -0.39 is 14.1 Å². The van der Waals surface area contributed by atoms with Gasteiger partial charge in [-0.2, -0.15) is 0 Å². The van der Waals surface area contributed by atoms with E-state index in [1.807, 2.05) is 19.1 Å². The Labute approximate surface area is 173 Å². The summed E-state index contributed by atoms with van der Waals surface area (Å²) in [6, 6.07) is 8.45. The zero-order valence-electron chi connectivity index (χ0n) is 17.5. The molecule has 0 saturated carbocycles. The third-order valence-corrected chi connectivity index (χ3v) is 9.88. The number of benzene rings is 1. The molecule has 1 aromatic carbocycles. The quantitative estimate of drug-likeness (QED) is 0.353. The maximum absolute atomic E-state index is 13.6. The van der Waals surface area contributed by atoms with Crippen LogP contribution in [0, 0.1) is 5.82 Å². The largest absolute Gasteiger partial charge is 0.492 e. The second-order valence-electron chi connectivity index (χ2n) is 8.28. The molecule has 0 atom stereocenters. The molecule has 152 valence electrons. The van der Waals surface area contributed by atoms with Gasteiger partial charge in [0.15, 0.2) is 8.32 Å². The highest BCUT2D eigenvalue weighted by Crippen LogP contribution is 2.37. The Morgan fingerprint density at radius 1 is 1.21 bits per heavy atom. The molecular weight excluding hydrogens is 393 g/mol. The number of halogens is 2. The van der Waals surface area contributed by atoms with Crippen molar-refractivity contribution in [3.8, 4) is 11.3 Å². The lowest BCUT2D eigenvalue weighted by Gasteiger charge is -2.36. The SMILES string of the molecule is C=C(OCC)c1cc(CO[Si](C)(C)C(C)(C)C)cc(-c2ccc(F)c(Cl)c2)n1. The molecule has 0 radical (unpaired) electrons. The van der Waals surface area contributed by atoms with E-state index in [1.165, 1.54) is 6.07 Å². The van der Waals surface area contributed by atoms with E-state index in [9.17, 15) is 4.39 Å². The zero-order valence-corrected chi connectivity index (χ0v) is 19.3. The van der Waals surface area contributed by atoms with Crippen LogP contribution in [0.5, 0.6) is 0 Å². The van der Waals surface area contributed by atoms with Crippen molar-refractivity contribution < 1.29 is 13.6 Å². The Balaban J connectivity index is 2.43. The van der Waals surface area contributed by atoms with Gasteiger partial charge >= 0.3 is 0 Å². The van der Waals surface area contributed by atoms with Gasteiger partial charge < -0.3 is 9.16 Å². The second-order valence-corrected chi connectivity index (χ2v) is 13.5. The first-order valence-corrected chi connectivity index (χ1v) is 12.7. The number of hydrogen-bond donors (Lipinski definition) is 0. The number of ether oxygens (including phenoxy) is 1. The molecule has 1 heterocycles. The summed E-state index contributed by atoms with van der Waals surface area (Å²) in [6.45, 7) is 17.9. The van der Waals surface area contributed by atoms with E-state index in [0.717, 1.165) is 11.1 Å². The summed E-state index contributed by atoms with van der Waals surface area (Å²) < 4.78 is 25.5. The zero-order chi connectivity index (χ0) is 21.1. The number of aromatic nitrogens is 1. The van der Waals surface area contributed by atoms with Crippen molar-refractivity contribution in [2.45, 2.75) is 52.4 Å². The minimum Gasteiger partial charge on any atom is -0.492 e. The molecule has 0 aliphatic heterocycles. The van der Waals surface area contributed by atoms with Crippen molar-refractivity contribution in [1.29, 1.82) is 0 Å². The Morgan fingerprint density at radius 3 is 2.46 bits per heavy atom. The van der Waals surface area contributed by atoms with Crippen LogP contribution in [0.4, 0.5) is 4.39 Å². The Hall–Kier alpha value is -1.69. The summed E-state index contributed by atoms with van der Waals surface area (Å²) in [5.74, 6) is 0.0351. The average Bonchev–Trinajstić information content (AvgIpc) is 2.61. The molecule has 0 aliphatic carbocycles. The molecule has 0 unspecified atom stereocenters. The van der Waals surface area contributed by atoms with Crippen LogP contribution < -0.4 is 0 Å². The van der Waals surface area contributed by atoms with Crippen LogP contribution in [0.1, 0.15) is 39.0 Å². The predicted octanol–water partition coefficient (Wildman–Crippen LogP) is 7.07. The molecule has 0 bridgehead atoms. The molecule has 3 nitrogen and oxygen atoms in total. The molecule has 0 fully saturated rings. The fraction of sp³-hybridized carbons (Fsp3) is 0.409. The predicted molar refractivity (Wildman–Crippen MR) is 117 cm³/mol. The summed E-state index contributed by atoms with van der Waals surface area (Å²) >= 11 is 5.96. The summed E-state index contributed by atoms with van der Waals surface area (Å²) in [5, 5.41) is 0.179. The summed E-state index contributed by atoms with van der Waals surface area (Å²) in [6.07, 6.45) is 0. The maximum Gasteiger partial charge on any atom is 0.192 e. The molecule has 0 aliphatic rings. The van der Waals surface area contributed by atoms with Crippen molar-refractivity contribution in [2.24, 2.45) is 0 Å². The van der Waals surface area contributed by atoms with E-state index >= 15 is 0 Å². The van der Waals surface area contributed by atoms with Gasteiger partial charge in [0.1, 0.15) is 17.3 Å². The van der Waals surface area contributed by atoms with Crippen LogP contribution >= 0.6 is 11.6 Å². The lowest BCUT2D eigenvalue weighted by molar-refractivity contribution is 0.276. The second kappa shape index (κ2) is 8.76. The molecule has 0 spiro atoms. The van der Waals surface area contributed by atoms with Crippen LogP contribution in [0.2, 0.25) is 23.2 Å². The van der Waals surface area contributed by atoms with Gasteiger partial charge in [0.25, 0.3) is 0 Å². The molecule has 0 N–H and O–H groups in total. The van der Waals surface area contributed by atoms with Gasteiger partial charge in [0, 0.05) is 5.56 Å². The normalized spacial score (nSPS) is 12.1. The standard InChI is InChI=1S/C22H29ClFNO2Si/c1-8-26-15(2)20-11-16(14-27-28(6,7)22(3,4)5)12-21(25-20)17-9-10-19(24)18(23)13-17/h9-13H,2,8,14H2,1,3-7H3. The van der Waals surface area contributed by atoms with Crippen LogP contribution in [-0.4, -0.2) is 19.9 Å². The average molecular weight is 422 g/mol. The van der Waals surface area contributed by atoms with E-state index in [4.69, 9.17) is 20.8 Å². The van der Waals surface area contributed by atoms with Crippen molar-refractivity contribution in [3.63, 3.8) is 0 Å². The van der Waals surface area contributed by atoms with Crippen molar-refractivity contribution in [3.05, 3.63) is 59.0 Å². The molecule has 2 aromatic rings. The highest BCUT2D eigenvalue weighted by atomic mass is 35.5. The van der Waals surface area contributed by atoms with E-state index in [-0.39, 0.29) is 10.1 Å². The Kier molecular flexibility index (Phi) is 7.07. The Morgan fingerprint density at radius 2 is 1.89 bits per heavy atom. The van der Waals surface area contributed by atoms with Gasteiger partial charge in [-0.3, -0.25) is 0 Å². The number of hydrogen-bond acceptors (Lipinski definition) is 3. The van der Waals surface area contributed by atoms with E-state index in [2.05, 4.69) is 45.4 Å². The lowest BCUT2D eigenvalue weighted by Crippen LogP contribution is -2.40. The van der Waals surface area contributed by atoms with Gasteiger partial charge in [-0.1, -0.05) is 39.0 Å². The van der Waals surface area contributed by atoms with E-state index in [1.54, 1.807) is 12.1 Å². The van der Waals surface area contributed by atoms with Gasteiger partial charge in [-0.05, 0) is 61.0 Å². The fourth-order valence-electron chi connectivity index (χ4n) is 2.35. The summed E-state index contributed by atoms with van der Waals surface area (Å²) in [4.78, 5) is 4.64. The minimum atomic E-state index is -1.91. The van der Waals surface area contributed by atoms with E-state index in [0.29, 0.717) is 30.4 Å². The summed E-state index contributed by atoms with van der Waals surface area (Å²) in [5.41, 5.74) is 3.00. The topological polar surface area (TPSA) is 31.4 Å². The fourth-order valence-corrected chi connectivity index (χ4v) is 3.49. The maximum atomic E-state index is 13.6. The molecule has 0 amide bonds. The first kappa shape index (κ1) is 22.6. The highest BCUT2D eigenvalue weighted by Gasteiger charge is 2.37. The van der Waals surface area contributed by atoms with Crippen LogP contribution in [0.3, 0.4) is 0 Å². The Bertz CT molecular complexity index is 862. The number of pyridine rings is 1. The van der Waals surface area contributed by atoms with Gasteiger partial charge in [-0.25, -0.2) is 9.37 Å². The van der Waals surface area contributed by atoms with Crippen LogP contribution in [0.25, 0.3) is 17.0 Å². The molecule has 6 heteroatoms. The first-order valence-electron chi connectivity index (χ1n) is 9.37. The summed E-state index contributed by atoms with van der Waals surface area (Å²) in [7, 11) is -1.91. The number of rotatable bonds is 7. The van der Waals surface area contributed by atoms with Crippen LogP contribution in [-0.2, 0) is 15.8 Å². The first-order chi connectivity index (χ1) is 12.9. The van der Waals surface area contributed by atoms with Gasteiger partial charge in [0.2, 0.25) is 0 Å². The van der Waals surface area contributed by atoms with Gasteiger partial charge in [0.05, 0.1) is 23.9 Å². The van der Waals surface area contributed by atoms with Crippen molar-refractivity contribution >= 4 is 25.7 Å². The third kappa shape index (κ3) is 5.43. The number of nitrogens with zero attached hydrogens (tertiary/aromatic N) is 1.